The van der Waals surface area contributed by atoms with E-state index in [4.69, 9.17) is 0 Å². The minimum Gasteiger partial charge on any atom is -0.846 e. The quantitative estimate of drug-likeness (QED) is 0.548. The highest BCUT2D eigenvalue weighted by Crippen LogP contribution is 2.15. The summed E-state index contributed by atoms with van der Waals surface area (Å²) in [4.78, 5) is 3.82. The largest absolute Gasteiger partial charge is 0.846 e. The molecule has 0 amide bonds. The lowest BCUT2D eigenvalue weighted by atomic mass is 10.3. The smallest absolute Gasteiger partial charge is 0.0877 e. The van der Waals surface area contributed by atoms with E-state index < -0.39 is 0 Å². The van der Waals surface area contributed by atoms with Crippen molar-refractivity contribution in [3.05, 3.63) is 24.3 Å². The molecule has 1 heterocycles. The van der Waals surface area contributed by atoms with Crippen LogP contribution in [-0.2, 0) is 7.05 Å². The summed E-state index contributed by atoms with van der Waals surface area (Å²) in [5.74, 6) is 0. The van der Waals surface area contributed by atoms with Crippen LogP contribution in [0.1, 0.15) is 0 Å². The normalized spacial score (nSPS) is 10.6. The first kappa shape index (κ1) is 6.22. The molecule has 0 spiro atoms. The molecular formula is C8H7N2O-. The number of nitrogens with zero attached hydrogens (tertiary/aromatic N) is 2. The summed E-state index contributed by atoms with van der Waals surface area (Å²) in [7, 11) is 1.72. The van der Waals surface area contributed by atoms with E-state index in [2.05, 4.69) is 4.98 Å². The van der Waals surface area contributed by atoms with Crippen LogP contribution >= 0.6 is 0 Å². The Hall–Kier alpha value is -1.51. The average molecular weight is 147 g/mol. The number of imidazole rings is 1. The highest BCUT2D eigenvalue weighted by molar-refractivity contribution is 5.76. The van der Waals surface area contributed by atoms with Crippen molar-refractivity contribution in [2.45, 2.75) is 0 Å². The average Bonchev–Trinajstić information content (AvgIpc) is 2.30. The van der Waals surface area contributed by atoms with Crippen molar-refractivity contribution in [2.24, 2.45) is 7.05 Å². The molecule has 1 aromatic heterocycles. The van der Waals surface area contributed by atoms with Crippen LogP contribution in [0.4, 0.5) is 0 Å². The Kier molecular flexibility index (Phi) is 1.12. The zero-order valence-corrected chi connectivity index (χ0v) is 6.11. The summed E-state index contributed by atoms with van der Waals surface area (Å²) in [5.41, 5.74) is 1.65. The predicted molar refractivity (Wildman–Crippen MR) is 40.2 cm³/mol. The number of aryl methyl sites for hydroxylation is 1. The molecule has 0 saturated carbocycles. The van der Waals surface area contributed by atoms with Crippen molar-refractivity contribution in [2.75, 3.05) is 0 Å². The van der Waals surface area contributed by atoms with Crippen LogP contribution in [-0.4, -0.2) is 9.55 Å². The maximum absolute atomic E-state index is 11.0. The van der Waals surface area contributed by atoms with Gasteiger partial charge < -0.3 is 9.67 Å². The SMILES string of the molecule is Cn1c([O-])nc2ccccc21. The Morgan fingerprint density at radius 2 is 2.09 bits per heavy atom. The van der Waals surface area contributed by atoms with Crippen molar-refractivity contribution in [3.8, 4) is 6.01 Å². The minimum atomic E-state index is -0.189. The number of fused-ring (bicyclic) bond motifs is 1. The molecule has 56 valence electrons. The van der Waals surface area contributed by atoms with Gasteiger partial charge in [-0.25, -0.2) is 4.98 Å². The topological polar surface area (TPSA) is 40.9 Å². The molecule has 0 atom stereocenters. The van der Waals surface area contributed by atoms with Crippen LogP contribution in [0.2, 0.25) is 0 Å². The molecule has 0 bridgehead atoms. The van der Waals surface area contributed by atoms with E-state index >= 15 is 0 Å². The number of rotatable bonds is 0. The molecule has 11 heavy (non-hydrogen) atoms. The zero-order chi connectivity index (χ0) is 7.84. The molecule has 3 nitrogen and oxygen atoms in total. The van der Waals surface area contributed by atoms with Crippen molar-refractivity contribution in [1.29, 1.82) is 0 Å². The summed E-state index contributed by atoms with van der Waals surface area (Å²) in [6.45, 7) is 0. The molecule has 0 aliphatic heterocycles. The van der Waals surface area contributed by atoms with Crippen LogP contribution in [0, 0.1) is 0 Å². The molecule has 0 radical (unpaired) electrons. The third-order valence-electron chi connectivity index (χ3n) is 1.75. The molecular weight excluding hydrogens is 140 g/mol. The molecule has 0 aliphatic carbocycles. The Balaban J connectivity index is 2.92. The van der Waals surface area contributed by atoms with Gasteiger partial charge in [0.25, 0.3) is 0 Å². The summed E-state index contributed by atoms with van der Waals surface area (Å²) in [6, 6.07) is 7.28. The van der Waals surface area contributed by atoms with E-state index in [0.717, 1.165) is 11.0 Å². The monoisotopic (exact) mass is 147 g/mol. The van der Waals surface area contributed by atoms with Gasteiger partial charge in [-0.1, -0.05) is 12.1 Å². The number of benzene rings is 1. The standard InChI is InChI=1S/C8H8N2O/c1-10-7-5-3-2-4-6(7)9-8(10)11/h2-5H,1H3,(H,9,11)/p-1. The molecule has 0 N–H and O–H groups in total. The van der Waals surface area contributed by atoms with E-state index in [1.807, 2.05) is 24.3 Å². The molecule has 3 heteroatoms. The molecule has 2 aromatic rings. The molecule has 0 fully saturated rings. The van der Waals surface area contributed by atoms with Crippen molar-refractivity contribution >= 4 is 11.0 Å². The van der Waals surface area contributed by atoms with Crippen molar-refractivity contribution in [3.63, 3.8) is 0 Å². The minimum absolute atomic E-state index is 0.189. The van der Waals surface area contributed by atoms with Gasteiger partial charge in [-0.05, 0) is 12.1 Å². The van der Waals surface area contributed by atoms with Crippen LogP contribution < -0.4 is 5.11 Å². The lowest BCUT2D eigenvalue weighted by molar-refractivity contribution is -0.284. The van der Waals surface area contributed by atoms with Crippen molar-refractivity contribution < 1.29 is 5.11 Å². The van der Waals surface area contributed by atoms with Gasteiger partial charge in [0.1, 0.15) is 0 Å². The fraction of sp³-hybridized carbons (Fsp3) is 0.125. The first-order chi connectivity index (χ1) is 5.29. The number of hydrogen-bond acceptors (Lipinski definition) is 2. The Bertz CT molecular complexity index is 392. The third-order valence-corrected chi connectivity index (χ3v) is 1.75. The number of hydrogen-bond donors (Lipinski definition) is 0. The molecule has 1 aromatic carbocycles. The second kappa shape index (κ2) is 1.99. The molecule has 2 rings (SSSR count). The van der Waals surface area contributed by atoms with Gasteiger partial charge in [0.05, 0.1) is 17.0 Å². The maximum atomic E-state index is 11.0. The fourth-order valence-electron chi connectivity index (χ4n) is 1.12. The fourth-order valence-corrected chi connectivity index (χ4v) is 1.12. The van der Waals surface area contributed by atoms with Gasteiger partial charge in [0.15, 0.2) is 0 Å². The molecule has 0 unspecified atom stereocenters. The first-order valence-electron chi connectivity index (χ1n) is 3.37. The maximum Gasteiger partial charge on any atom is 0.0877 e. The van der Waals surface area contributed by atoms with E-state index in [9.17, 15) is 5.11 Å². The Morgan fingerprint density at radius 3 is 2.82 bits per heavy atom. The summed E-state index contributed by atoms with van der Waals surface area (Å²) >= 11 is 0. The predicted octanol–water partition coefficient (Wildman–Crippen LogP) is 0.647. The third kappa shape index (κ3) is 0.774. The lowest BCUT2D eigenvalue weighted by Crippen LogP contribution is -1.98. The van der Waals surface area contributed by atoms with Gasteiger partial charge in [-0.15, -0.1) is 0 Å². The van der Waals surface area contributed by atoms with E-state index in [0.29, 0.717) is 0 Å². The summed E-state index contributed by atoms with van der Waals surface area (Å²) < 4.78 is 1.54. The van der Waals surface area contributed by atoms with Crippen molar-refractivity contribution in [1.82, 2.24) is 9.55 Å². The zero-order valence-electron chi connectivity index (χ0n) is 6.11. The second-order valence-corrected chi connectivity index (χ2v) is 2.44. The Morgan fingerprint density at radius 1 is 1.36 bits per heavy atom. The van der Waals surface area contributed by atoms with Crippen LogP contribution in [0.15, 0.2) is 24.3 Å². The molecule has 0 aliphatic rings. The number of aromatic nitrogens is 2. The van der Waals surface area contributed by atoms with Crippen LogP contribution in [0.3, 0.4) is 0 Å². The highest BCUT2D eigenvalue weighted by Gasteiger charge is 1.97. The van der Waals surface area contributed by atoms with Crippen LogP contribution in [0.25, 0.3) is 11.0 Å². The van der Waals surface area contributed by atoms with Gasteiger partial charge in [0, 0.05) is 7.05 Å². The second-order valence-electron chi connectivity index (χ2n) is 2.44. The summed E-state index contributed by atoms with van der Waals surface area (Å²) in [6.07, 6.45) is 0. The van der Waals surface area contributed by atoms with Gasteiger partial charge in [-0.3, -0.25) is 0 Å². The molecule has 0 saturated heterocycles. The highest BCUT2D eigenvalue weighted by atomic mass is 16.3. The van der Waals surface area contributed by atoms with Gasteiger partial charge >= 0.3 is 0 Å². The van der Waals surface area contributed by atoms with Gasteiger partial charge in [0.2, 0.25) is 0 Å². The van der Waals surface area contributed by atoms with Gasteiger partial charge in [-0.2, -0.15) is 0 Å². The van der Waals surface area contributed by atoms with E-state index in [1.54, 1.807) is 7.05 Å². The van der Waals surface area contributed by atoms with E-state index in [1.165, 1.54) is 4.57 Å². The Labute approximate surface area is 63.9 Å². The van der Waals surface area contributed by atoms with Crippen LogP contribution in [0.5, 0.6) is 6.01 Å². The first-order valence-corrected chi connectivity index (χ1v) is 3.37. The summed E-state index contributed by atoms with van der Waals surface area (Å²) in [5, 5.41) is 11.0. The van der Waals surface area contributed by atoms with E-state index in [-0.39, 0.29) is 6.01 Å². The lowest BCUT2D eigenvalue weighted by Gasteiger charge is -2.02. The number of para-hydroxylation sites is 2.